The van der Waals surface area contributed by atoms with Crippen LogP contribution >= 0.6 is 0 Å². The van der Waals surface area contributed by atoms with Crippen molar-refractivity contribution in [1.82, 2.24) is 9.80 Å². The largest absolute Gasteiger partial charge is 0.348 e. The standard InChI is InChI=1S/C28H34N2O2/c1-29(2)27(32)28(15-17-30(18-16-28)26(31)20-22-9-6-7-10-22)21-23-11-8-14-25(19-23)24-12-4-3-5-13-24/h3-6,8-9,11-14,19,22H,7,10,15-18,20-21H2,1-2H3. The predicted octanol–water partition coefficient (Wildman–Crippen LogP) is 4.95. The number of allylic oxidation sites excluding steroid dienone is 2. The van der Waals surface area contributed by atoms with Crippen molar-refractivity contribution in [3.8, 4) is 11.1 Å². The van der Waals surface area contributed by atoms with Crippen LogP contribution in [-0.4, -0.2) is 48.8 Å². The maximum atomic E-state index is 13.3. The Labute approximate surface area is 191 Å². The molecule has 2 aromatic rings. The van der Waals surface area contributed by atoms with Crippen LogP contribution < -0.4 is 0 Å². The number of piperidine rings is 1. The van der Waals surface area contributed by atoms with E-state index in [2.05, 4.69) is 48.6 Å². The third-order valence-electron chi connectivity index (χ3n) is 7.06. The topological polar surface area (TPSA) is 40.6 Å². The van der Waals surface area contributed by atoms with E-state index in [1.165, 1.54) is 16.7 Å². The highest BCUT2D eigenvalue weighted by Gasteiger charge is 2.43. The quantitative estimate of drug-likeness (QED) is 0.609. The van der Waals surface area contributed by atoms with E-state index in [0.717, 1.165) is 12.8 Å². The van der Waals surface area contributed by atoms with Gasteiger partial charge in [-0.15, -0.1) is 0 Å². The summed E-state index contributed by atoms with van der Waals surface area (Å²) in [6.07, 6.45) is 9.26. The lowest BCUT2D eigenvalue weighted by molar-refractivity contribution is -0.146. The highest BCUT2D eigenvalue weighted by atomic mass is 16.2. The molecule has 0 radical (unpaired) electrons. The first-order valence-corrected chi connectivity index (χ1v) is 11.8. The van der Waals surface area contributed by atoms with E-state index >= 15 is 0 Å². The van der Waals surface area contributed by atoms with Gasteiger partial charge in [0, 0.05) is 33.6 Å². The van der Waals surface area contributed by atoms with E-state index < -0.39 is 5.41 Å². The van der Waals surface area contributed by atoms with Gasteiger partial charge in [0.05, 0.1) is 5.41 Å². The summed E-state index contributed by atoms with van der Waals surface area (Å²) in [4.78, 5) is 29.9. The molecule has 1 aliphatic heterocycles. The van der Waals surface area contributed by atoms with Gasteiger partial charge in [0.2, 0.25) is 11.8 Å². The van der Waals surface area contributed by atoms with Crippen LogP contribution in [0.5, 0.6) is 0 Å². The molecule has 168 valence electrons. The van der Waals surface area contributed by atoms with E-state index in [1.807, 2.05) is 37.2 Å². The minimum atomic E-state index is -0.456. The molecule has 4 heteroatoms. The number of nitrogens with zero attached hydrogens (tertiary/aromatic N) is 2. The summed E-state index contributed by atoms with van der Waals surface area (Å²) in [6, 6.07) is 18.9. The Hall–Kier alpha value is -2.88. The Morgan fingerprint density at radius 3 is 2.38 bits per heavy atom. The normalized spacial score (nSPS) is 19.7. The molecule has 1 aliphatic carbocycles. The SMILES string of the molecule is CN(C)C(=O)C1(Cc2cccc(-c3ccccc3)c2)CCN(C(=O)CC2C=CCC2)CC1. The van der Waals surface area contributed by atoms with Gasteiger partial charge >= 0.3 is 0 Å². The van der Waals surface area contributed by atoms with Gasteiger partial charge in [-0.1, -0.05) is 66.7 Å². The molecular weight excluding hydrogens is 396 g/mol. The van der Waals surface area contributed by atoms with Crippen molar-refractivity contribution in [2.75, 3.05) is 27.2 Å². The zero-order chi connectivity index (χ0) is 22.6. The third kappa shape index (κ3) is 4.95. The summed E-state index contributed by atoms with van der Waals surface area (Å²) in [5.41, 5.74) is 3.08. The Kier molecular flexibility index (Phi) is 6.78. The fourth-order valence-electron chi connectivity index (χ4n) is 5.23. The fraction of sp³-hybridized carbons (Fsp3) is 0.429. The van der Waals surface area contributed by atoms with E-state index in [1.54, 1.807) is 4.90 Å². The molecule has 0 bridgehead atoms. The number of rotatable bonds is 6. The molecule has 2 aliphatic rings. The minimum Gasteiger partial charge on any atom is -0.348 e. The lowest BCUT2D eigenvalue weighted by Crippen LogP contribution is -2.51. The van der Waals surface area contributed by atoms with Crippen LogP contribution in [0.15, 0.2) is 66.7 Å². The lowest BCUT2D eigenvalue weighted by atomic mass is 9.72. The zero-order valence-corrected chi connectivity index (χ0v) is 19.3. The van der Waals surface area contributed by atoms with Crippen molar-refractivity contribution in [2.24, 2.45) is 11.3 Å². The molecule has 1 saturated heterocycles. The van der Waals surface area contributed by atoms with E-state index in [9.17, 15) is 9.59 Å². The molecule has 4 nitrogen and oxygen atoms in total. The van der Waals surface area contributed by atoms with E-state index in [0.29, 0.717) is 44.7 Å². The molecule has 0 saturated carbocycles. The molecule has 1 fully saturated rings. The first-order valence-electron chi connectivity index (χ1n) is 11.8. The van der Waals surface area contributed by atoms with Gasteiger partial charge in [0.1, 0.15) is 0 Å². The van der Waals surface area contributed by atoms with Crippen LogP contribution in [0.25, 0.3) is 11.1 Å². The van der Waals surface area contributed by atoms with Gasteiger partial charge in [-0.3, -0.25) is 9.59 Å². The highest BCUT2D eigenvalue weighted by Crippen LogP contribution is 2.38. The Morgan fingerprint density at radius 2 is 1.72 bits per heavy atom. The Bertz CT molecular complexity index is 972. The van der Waals surface area contributed by atoms with Crippen molar-refractivity contribution in [2.45, 2.75) is 38.5 Å². The molecular formula is C28H34N2O2. The summed E-state index contributed by atoms with van der Waals surface area (Å²) in [5, 5.41) is 0. The lowest BCUT2D eigenvalue weighted by Gasteiger charge is -2.42. The molecule has 1 unspecified atom stereocenters. The molecule has 32 heavy (non-hydrogen) atoms. The van der Waals surface area contributed by atoms with Crippen LogP contribution in [0.3, 0.4) is 0 Å². The minimum absolute atomic E-state index is 0.174. The predicted molar refractivity (Wildman–Crippen MR) is 129 cm³/mol. The maximum Gasteiger partial charge on any atom is 0.228 e. The average molecular weight is 431 g/mol. The summed E-state index contributed by atoms with van der Waals surface area (Å²) in [6.45, 7) is 1.32. The van der Waals surface area contributed by atoms with Crippen molar-refractivity contribution in [1.29, 1.82) is 0 Å². The number of benzene rings is 2. The second kappa shape index (κ2) is 9.72. The number of hydrogen-bond donors (Lipinski definition) is 0. The Balaban J connectivity index is 1.49. The van der Waals surface area contributed by atoms with Crippen LogP contribution in [0.4, 0.5) is 0 Å². The second-order valence-electron chi connectivity index (χ2n) is 9.57. The van der Waals surface area contributed by atoms with Crippen LogP contribution in [0, 0.1) is 11.3 Å². The number of carbonyl (C=O) groups excluding carboxylic acids is 2. The first-order chi connectivity index (χ1) is 15.5. The summed E-state index contributed by atoms with van der Waals surface area (Å²) in [7, 11) is 3.68. The molecule has 1 atom stereocenters. The van der Waals surface area contributed by atoms with Crippen molar-refractivity contribution < 1.29 is 9.59 Å². The molecule has 2 aromatic carbocycles. The van der Waals surface area contributed by atoms with Gasteiger partial charge < -0.3 is 9.80 Å². The van der Waals surface area contributed by atoms with Crippen LogP contribution in [0.1, 0.15) is 37.7 Å². The number of carbonyl (C=O) groups is 2. The number of likely N-dealkylation sites (tertiary alicyclic amines) is 1. The van der Waals surface area contributed by atoms with E-state index in [4.69, 9.17) is 0 Å². The summed E-state index contributed by atoms with van der Waals surface area (Å²) < 4.78 is 0. The molecule has 2 amide bonds. The smallest absolute Gasteiger partial charge is 0.228 e. The first kappa shape index (κ1) is 22.3. The van der Waals surface area contributed by atoms with Gasteiger partial charge in [0.15, 0.2) is 0 Å². The molecule has 0 spiro atoms. The Morgan fingerprint density at radius 1 is 1.00 bits per heavy atom. The summed E-state index contributed by atoms with van der Waals surface area (Å²) >= 11 is 0. The zero-order valence-electron chi connectivity index (χ0n) is 19.3. The van der Waals surface area contributed by atoms with Crippen molar-refractivity contribution in [3.63, 3.8) is 0 Å². The molecule has 0 N–H and O–H groups in total. The fourth-order valence-corrected chi connectivity index (χ4v) is 5.23. The highest BCUT2D eigenvalue weighted by molar-refractivity contribution is 5.84. The van der Waals surface area contributed by atoms with Gasteiger partial charge in [-0.2, -0.15) is 0 Å². The monoisotopic (exact) mass is 430 g/mol. The maximum absolute atomic E-state index is 13.3. The molecule has 0 aromatic heterocycles. The summed E-state index contributed by atoms with van der Waals surface area (Å²) in [5.74, 6) is 0.797. The van der Waals surface area contributed by atoms with Gasteiger partial charge in [-0.05, 0) is 54.7 Å². The van der Waals surface area contributed by atoms with E-state index in [-0.39, 0.29) is 11.8 Å². The molecule has 1 heterocycles. The average Bonchev–Trinajstić information content (AvgIpc) is 3.32. The number of amides is 2. The van der Waals surface area contributed by atoms with Crippen molar-refractivity contribution >= 4 is 11.8 Å². The van der Waals surface area contributed by atoms with Gasteiger partial charge in [-0.25, -0.2) is 0 Å². The second-order valence-corrected chi connectivity index (χ2v) is 9.57. The van der Waals surface area contributed by atoms with Crippen LogP contribution in [-0.2, 0) is 16.0 Å². The number of hydrogen-bond acceptors (Lipinski definition) is 2. The molecule has 4 rings (SSSR count). The van der Waals surface area contributed by atoms with Crippen LogP contribution in [0.2, 0.25) is 0 Å². The third-order valence-corrected chi connectivity index (χ3v) is 7.06. The van der Waals surface area contributed by atoms with Gasteiger partial charge in [0.25, 0.3) is 0 Å². The van der Waals surface area contributed by atoms with Crippen molar-refractivity contribution in [3.05, 3.63) is 72.3 Å².